The molecule has 1 unspecified atom stereocenters. The van der Waals surface area contributed by atoms with E-state index in [-0.39, 0.29) is 17.8 Å². The molecule has 25 heavy (non-hydrogen) atoms. The van der Waals surface area contributed by atoms with Crippen LogP contribution in [0.2, 0.25) is 0 Å². The molecule has 0 bridgehead atoms. The van der Waals surface area contributed by atoms with Crippen LogP contribution in [-0.2, 0) is 4.79 Å². The van der Waals surface area contributed by atoms with Gasteiger partial charge in [0, 0.05) is 12.0 Å². The molecule has 3 rings (SSSR count). The van der Waals surface area contributed by atoms with Crippen molar-refractivity contribution in [2.24, 2.45) is 5.92 Å². The minimum absolute atomic E-state index is 0.0171. The van der Waals surface area contributed by atoms with E-state index in [4.69, 9.17) is 4.52 Å². The molecule has 0 radical (unpaired) electrons. The highest BCUT2D eigenvalue weighted by molar-refractivity contribution is 5.76. The zero-order valence-electron chi connectivity index (χ0n) is 14.3. The van der Waals surface area contributed by atoms with Crippen molar-refractivity contribution in [1.82, 2.24) is 20.8 Å². The van der Waals surface area contributed by atoms with Gasteiger partial charge in [0.15, 0.2) is 0 Å². The first-order chi connectivity index (χ1) is 12.1. The van der Waals surface area contributed by atoms with Gasteiger partial charge in [0.1, 0.15) is 11.9 Å². The third kappa shape index (κ3) is 4.85. The van der Waals surface area contributed by atoms with Gasteiger partial charge < -0.3 is 15.2 Å². The number of halogens is 1. The predicted octanol–water partition coefficient (Wildman–Crippen LogP) is 2.83. The lowest BCUT2D eigenvalue weighted by molar-refractivity contribution is -0.122. The molecule has 134 valence electrons. The van der Waals surface area contributed by atoms with Crippen molar-refractivity contribution in [1.29, 1.82) is 0 Å². The highest BCUT2D eigenvalue weighted by Gasteiger charge is 2.19. The second-order valence-electron chi connectivity index (χ2n) is 6.49. The summed E-state index contributed by atoms with van der Waals surface area (Å²) in [5.74, 6) is 0.865. The molecule has 2 heterocycles. The maximum absolute atomic E-state index is 13.3. The molecular formula is C18H23FN4O2. The van der Waals surface area contributed by atoms with Crippen LogP contribution in [0.15, 0.2) is 28.8 Å². The van der Waals surface area contributed by atoms with Crippen LogP contribution in [0.4, 0.5) is 4.39 Å². The second kappa shape index (κ2) is 8.20. The van der Waals surface area contributed by atoms with E-state index in [0.717, 1.165) is 32.4 Å². The summed E-state index contributed by atoms with van der Waals surface area (Å²) in [5, 5.41) is 10.1. The molecule has 1 atom stereocenters. The number of hydrogen-bond acceptors (Lipinski definition) is 5. The Morgan fingerprint density at radius 1 is 1.44 bits per heavy atom. The Balaban J connectivity index is 1.52. The van der Waals surface area contributed by atoms with Crippen LogP contribution in [0.1, 0.15) is 44.5 Å². The predicted molar refractivity (Wildman–Crippen MR) is 91.1 cm³/mol. The molecule has 2 aromatic rings. The number of benzene rings is 1. The zero-order chi connectivity index (χ0) is 17.6. The Hall–Kier alpha value is -2.28. The van der Waals surface area contributed by atoms with E-state index in [1.165, 1.54) is 12.1 Å². The van der Waals surface area contributed by atoms with Gasteiger partial charge in [-0.25, -0.2) is 4.39 Å². The molecule has 1 amide bonds. The average molecular weight is 346 g/mol. The van der Waals surface area contributed by atoms with Crippen LogP contribution >= 0.6 is 0 Å². The van der Waals surface area contributed by atoms with Gasteiger partial charge in [-0.05, 0) is 57.3 Å². The smallest absolute Gasteiger partial charge is 0.249 e. The first kappa shape index (κ1) is 17.5. The van der Waals surface area contributed by atoms with Crippen molar-refractivity contribution in [2.45, 2.75) is 38.6 Å². The number of piperidine rings is 1. The first-order valence-corrected chi connectivity index (χ1v) is 8.71. The summed E-state index contributed by atoms with van der Waals surface area (Å²) in [6.45, 7) is 3.87. The molecule has 0 saturated carbocycles. The number of nitrogens with zero attached hydrogens (tertiary/aromatic N) is 2. The van der Waals surface area contributed by atoms with Gasteiger partial charge in [-0.1, -0.05) is 17.3 Å². The minimum Gasteiger partial charge on any atom is -0.345 e. The Bertz CT molecular complexity index is 713. The monoisotopic (exact) mass is 346 g/mol. The van der Waals surface area contributed by atoms with Crippen LogP contribution in [0.5, 0.6) is 0 Å². The third-order valence-electron chi connectivity index (χ3n) is 4.51. The van der Waals surface area contributed by atoms with E-state index in [1.807, 2.05) is 0 Å². The van der Waals surface area contributed by atoms with Crippen molar-refractivity contribution >= 4 is 5.91 Å². The van der Waals surface area contributed by atoms with E-state index in [2.05, 4.69) is 20.8 Å². The molecule has 0 spiro atoms. The molecular weight excluding hydrogens is 323 g/mol. The quantitative estimate of drug-likeness (QED) is 0.841. The van der Waals surface area contributed by atoms with Crippen LogP contribution < -0.4 is 10.6 Å². The van der Waals surface area contributed by atoms with Gasteiger partial charge in [0.05, 0.1) is 0 Å². The van der Waals surface area contributed by atoms with Crippen LogP contribution in [0, 0.1) is 11.7 Å². The number of amides is 1. The highest BCUT2D eigenvalue weighted by atomic mass is 19.1. The number of carbonyl (C=O) groups is 1. The SMILES string of the molecule is CC(NC(=O)CCC1CCNCC1)c1nc(-c2cccc(F)c2)no1. The molecule has 0 aliphatic carbocycles. The topological polar surface area (TPSA) is 80.0 Å². The summed E-state index contributed by atoms with van der Waals surface area (Å²) in [7, 11) is 0. The van der Waals surface area contributed by atoms with Gasteiger partial charge in [0.25, 0.3) is 0 Å². The van der Waals surface area contributed by atoms with E-state index in [1.54, 1.807) is 19.1 Å². The molecule has 1 aromatic heterocycles. The summed E-state index contributed by atoms with van der Waals surface area (Å²) < 4.78 is 18.5. The second-order valence-corrected chi connectivity index (χ2v) is 6.49. The van der Waals surface area contributed by atoms with Crippen molar-refractivity contribution in [3.63, 3.8) is 0 Å². The lowest BCUT2D eigenvalue weighted by Crippen LogP contribution is -2.30. The largest absolute Gasteiger partial charge is 0.345 e. The first-order valence-electron chi connectivity index (χ1n) is 8.71. The Morgan fingerprint density at radius 3 is 3.00 bits per heavy atom. The van der Waals surface area contributed by atoms with Crippen molar-refractivity contribution in [3.05, 3.63) is 36.0 Å². The maximum Gasteiger partial charge on any atom is 0.249 e. The van der Waals surface area contributed by atoms with E-state index < -0.39 is 0 Å². The van der Waals surface area contributed by atoms with Gasteiger partial charge in [0.2, 0.25) is 17.6 Å². The standard InChI is InChI=1S/C18H23FN4O2/c1-12(21-16(24)6-5-13-7-9-20-10-8-13)18-22-17(23-25-18)14-3-2-4-15(19)11-14/h2-4,11-13,20H,5-10H2,1H3,(H,21,24). The van der Waals surface area contributed by atoms with Crippen molar-refractivity contribution in [2.75, 3.05) is 13.1 Å². The van der Waals surface area contributed by atoms with Crippen LogP contribution in [0.3, 0.4) is 0 Å². The van der Waals surface area contributed by atoms with Gasteiger partial charge in [-0.15, -0.1) is 0 Å². The van der Waals surface area contributed by atoms with Crippen LogP contribution in [0.25, 0.3) is 11.4 Å². The Labute approximate surface area is 146 Å². The summed E-state index contributed by atoms with van der Waals surface area (Å²) >= 11 is 0. The molecule has 1 fully saturated rings. The summed E-state index contributed by atoms with van der Waals surface area (Å²) in [5.41, 5.74) is 0.541. The summed E-state index contributed by atoms with van der Waals surface area (Å²) in [6.07, 6.45) is 3.66. The maximum atomic E-state index is 13.3. The normalized spacial score (nSPS) is 16.6. The van der Waals surface area contributed by atoms with Gasteiger partial charge >= 0.3 is 0 Å². The lowest BCUT2D eigenvalue weighted by atomic mass is 9.93. The Kier molecular flexibility index (Phi) is 5.75. The molecule has 1 aliphatic rings. The fourth-order valence-corrected chi connectivity index (χ4v) is 3.04. The molecule has 1 aromatic carbocycles. The number of carbonyl (C=O) groups excluding carboxylic acids is 1. The number of hydrogen-bond donors (Lipinski definition) is 2. The van der Waals surface area contributed by atoms with Gasteiger partial charge in [-0.2, -0.15) is 4.98 Å². The van der Waals surface area contributed by atoms with Gasteiger partial charge in [-0.3, -0.25) is 4.79 Å². The van der Waals surface area contributed by atoms with Crippen molar-refractivity contribution in [3.8, 4) is 11.4 Å². The molecule has 2 N–H and O–H groups in total. The van der Waals surface area contributed by atoms with E-state index in [9.17, 15) is 9.18 Å². The fourth-order valence-electron chi connectivity index (χ4n) is 3.04. The molecule has 1 aliphatic heterocycles. The lowest BCUT2D eigenvalue weighted by Gasteiger charge is -2.22. The van der Waals surface area contributed by atoms with E-state index >= 15 is 0 Å². The van der Waals surface area contributed by atoms with Crippen molar-refractivity contribution < 1.29 is 13.7 Å². The molecule has 1 saturated heterocycles. The highest BCUT2D eigenvalue weighted by Crippen LogP contribution is 2.20. The zero-order valence-corrected chi connectivity index (χ0v) is 14.3. The summed E-state index contributed by atoms with van der Waals surface area (Å²) in [6, 6.07) is 5.62. The minimum atomic E-state index is -0.379. The molecule has 7 heteroatoms. The Morgan fingerprint density at radius 2 is 2.24 bits per heavy atom. The average Bonchev–Trinajstić information content (AvgIpc) is 3.11. The third-order valence-corrected chi connectivity index (χ3v) is 4.51. The number of rotatable bonds is 6. The fraction of sp³-hybridized carbons (Fsp3) is 0.500. The number of aromatic nitrogens is 2. The van der Waals surface area contributed by atoms with E-state index in [0.29, 0.717) is 29.6 Å². The number of nitrogens with one attached hydrogen (secondary N) is 2. The summed E-state index contributed by atoms with van der Waals surface area (Å²) in [4.78, 5) is 16.4. The molecule has 6 nitrogen and oxygen atoms in total. The van der Waals surface area contributed by atoms with Crippen LogP contribution in [-0.4, -0.2) is 29.1 Å².